The third-order valence-corrected chi connectivity index (χ3v) is 6.31. The van der Waals surface area contributed by atoms with Crippen LogP contribution < -0.4 is 0 Å². The summed E-state index contributed by atoms with van der Waals surface area (Å²) in [5.74, 6) is 0.775. The lowest BCUT2D eigenvalue weighted by atomic mass is 9.95. The largest absolute Gasteiger partial charge is 0.377 e. The number of imidazole rings is 1. The number of rotatable bonds is 8. The first-order valence-corrected chi connectivity index (χ1v) is 10.8. The van der Waals surface area contributed by atoms with Crippen molar-refractivity contribution in [2.24, 2.45) is 5.92 Å². The fourth-order valence-corrected chi connectivity index (χ4v) is 4.61. The molecule has 0 radical (unpaired) electrons. The lowest BCUT2D eigenvalue weighted by Gasteiger charge is -2.35. The van der Waals surface area contributed by atoms with Gasteiger partial charge in [0.2, 0.25) is 0 Å². The number of aryl methyl sites for hydroxylation is 1. The van der Waals surface area contributed by atoms with Gasteiger partial charge in [-0.1, -0.05) is 24.3 Å². The van der Waals surface area contributed by atoms with Crippen LogP contribution >= 0.6 is 0 Å². The van der Waals surface area contributed by atoms with Crippen LogP contribution in [0, 0.1) is 12.8 Å². The highest BCUT2D eigenvalue weighted by Gasteiger charge is 2.25. The molecule has 4 rings (SSSR count). The second kappa shape index (κ2) is 9.68. The average Bonchev–Trinajstić information content (AvgIpc) is 3.39. The smallest absolute Gasteiger partial charge is 0.0922 e. The lowest BCUT2D eigenvalue weighted by molar-refractivity contribution is 0.0566. The summed E-state index contributed by atoms with van der Waals surface area (Å²) in [6.07, 6.45) is 9.13. The molecular weight excluding hydrogens is 348 g/mol. The van der Waals surface area contributed by atoms with Crippen molar-refractivity contribution in [2.45, 2.75) is 51.8 Å². The Balaban J connectivity index is 1.28. The summed E-state index contributed by atoms with van der Waals surface area (Å²) >= 11 is 0. The number of benzene rings is 1. The molecule has 5 heteroatoms. The number of aromatic nitrogens is 2. The Kier molecular flexibility index (Phi) is 6.78. The second-order valence-electron chi connectivity index (χ2n) is 8.55. The van der Waals surface area contributed by atoms with Crippen molar-refractivity contribution >= 4 is 0 Å². The Morgan fingerprint density at radius 1 is 1.18 bits per heavy atom. The minimum Gasteiger partial charge on any atom is -0.377 e. The maximum absolute atomic E-state index is 5.91. The molecule has 1 aromatic heterocycles. The summed E-state index contributed by atoms with van der Waals surface area (Å²) in [4.78, 5) is 12.7. The standard InChI is InChI=1S/C23H34N4O/c1-19-5-2-3-6-21(19)15-26-10-8-20(9-11-26)14-27(16-22-13-24-18-25-22)17-23-7-4-12-28-23/h2-3,5-6,13,18,20,23H,4,7-12,14-17H2,1H3,(H,24,25)/t23-/m1/s1. The van der Waals surface area contributed by atoms with E-state index in [0.29, 0.717) is 6.10 Å². The molecule has 2 saturated heterocycles. The van der Waals surface area contributed by atoms with Gasteiger partial charge in [-0.15, -0.1) is 0 Å². The maximum Gasteiger partial charge on any atom is 0.0922 e. The number of piperidine rings is 1. The Morgan fingerprint density at radius 3 is 2.75 bits per heavy atom. The number of aromatic amines is 1. The van der Waals surface area contributed by atoms with E-state index in [2.05, 4.69) is 51.0 Å². The van der Waals surface area contributed by atoms with Gasteiger partial charge in [-0.05, 0) is 62.7 Å². The van der Waals surface area contributed by atoms with Crippen LogP contribution in [0.15, 0.2) is 36.8 Å². The molecule has 2 aliphatic heterocycles. The van der Waals surface area contributed by atoms with E-state index in [1.54, 1.807) is 6.33 Å². The molecule has 0 spiro atoms. The van der Waals surface area contributed by atoms with Crippen molar-refractivity contribution in [1.29, 1.82) is 0 Å². The van der Waals surface area contributed by atoms with Crippen molar-refractivity contribution in [2.75, 3.05) is 32.8 Å². The summed E-state index contributed by atoms with van der Waals surface area (Å²) in [5.41, 5.74) is 4.09. The molecule has 1 N–H and O–H groups in total. The summed E-state index contributed by atoms with van der Waals surface area (Å²) in [6.45, 7) is 9.81. The first kappa shape index (κ1) is 19.6. The van der Waals surface area contributed by atoms with Gasteiger partial charge in [0.1, 0.15) is 0 Å². The van der Waals surface area contributed by atoms with Crippen LogP contribution in [0.5, 0.6) is 0 Å². The molecule has 0 saturated carbocycles. The number of hydrogen-bond donors (Lipinski definition) is 1. The van der Waals surface area contributed by atoms with E-state index in [1.807, 2.05) is 6.20 Å². The highest BCUT2D eigenvalue weighted by molar-refractivity contribution is 5.25. The first-order valence-electron chi connectivity index (χ1n) is 10.8. The third-order valence-electron chi connectivity index (χ3n) is 6.31. The SMILES string of the molecule is Cc1ccccc1CN1CCC(CN(Cc2cnc[nH]2)C[C@H]2CCCO2)CC1. The van der Waals surface area contributed by atoms with Gasteiger partial charge in [-0.3, -0.25) is 9.80 Å². The summed E-state index contributed by atoms with van der Waals surface area (Å²) in [5, 5.41) is 0. The highest BCUT2D eigenvalue weighted by atomic mass is 16.5. The number of hydrogen-bond acceptors (Lipinski definition) is 4. The molecule has 0 unspecified atom stereocenters. The van der Waals surface area contributed by atoms with Crippen molar-refractivity contribution in [3.05, 3.63) is 53.6 Å². The minimum absolute atomic E-state index is 0.407. The molecule has 1 atom stereocenters. The van der Waals surface area contributed by atoms with Gasteiger partial charge in [0.05, 0.1) is 12.4 Å². The third kappa shape index (κ3) is 5.43. The van der Waals surface area contributed by atoms with E-state index in [0.717, 1.165) is 38.7 Å². The predicted octanol–water partition coefficient (Wildman–Crippen LogP) is 3.61. The van der Waals surface area contributed by atoms with Crippen LogP contribution in [0.4, 0.5) is 0 Å². The van der Waals surface area contributed by atoms with E-state index in [9.17, 15) is 0 Å². The number of likely N-dealkylation sites (tertiary alicyclic amines) is 1. The molecule has 3 heterocycles. The molecule has 5 nitrogen and oxygen atoms in total. The molecule has 2 aromatic rings. The fraction of sp³-hybridized carbons (Fsp3) is 0.609. The summed E-state index contributed by atoms with van der Waals surface area (Å²) in [6, 6.07) is 8.79. The maximum atomic E-state index is 5.91. The van der Waals surface area contributed by atoms with Crippen molar-refractivity contribution in [1.82, 2.24) is 19.8 Å². The summed E-state index contributed by atoms with van der Waals surface area (Å²) < 4.78 is 5.91. The number of nitrogens with zero attached hydrogens (tertiary/aromatic N) is 3. The van der Waals surface area contributed by atoms with E-state index in [4.69, 9.17) is 4.74 Å². The number of nitrogens with one attached hydrogen (secondary N) is 1. The van der Waals surface area contributed by atoms with Crippen molar-refractivity contribution < 1.29 is 4.74 Å². The van der Waals surface area contributed by atoms with Gasteiger partial charge in [0.25, 0.3) is 0 Å². The fourth-order valence-electron chi connectivity index (χ4n) is 4.61. The van der Waals surface area contributed by atoms with Crippen molar-refractivity contribution in [3.63, 3.8) is 0 Å². The van der Waals surface area contributed by atoms with Crippen molar-refractivity contribution in [3.8, 4) is 0 Å². The zero-order chi connectivity index (χ0) is 19.2. The topological polar surface area (TPSA) is 44.4 Å². The minimum atomic E-state index is 0.407. The van der Waals surface area contributed by atoms with Crippen LogP contribution in [0.1, 0.15) is 42.5 Å². The Morgan fingerprint density at radius 2 is 2.04 bits per heavy atom. The van der Waals surface area contributed by atoms with Gasteiger partial charge in [0, 0.05) is 44.7 Å². The van der Waals surface area contributed by atoms with Crippen LogP contribution in [-0.4, -0.2) is 58.7 Å². The zero-order valence-corrected chi connectivity index (χ0v) is 17.1. The zero-order valence-electron chi connectivity index (χ0n) is 17.1. The van der Waals surface area contributed by atoms with E-state index in [1.165, 1.54) is 55.6 Å². The molecule has 2 aliphatic rings. The monoisotopic (exact) mass is 382 g/mol. The van der Waals surface area contributed by atoms with Crippen LogP contribution in [0.3, 0.4) is 0 Å². The summed E-state index contributed by atoms with van der Waals surface area (Å²) in [7, 11) is 0. The van der Waals surface area contributed by atoms with E-state index in [-0.39, 0.29) is 0 Å². The molecule has 28 heavy (non-hydrogen) atoms. The van der Waals surface area contributed by atoms with E-state index >= 15 is 0 Å². The second-order valence-corrected chi connectivity index (χ2v) is 8.55. The molecule has 0 bridgehead atoms. The molecular formula is C23H34N4O. The Hall–Kier alpha value is -1.69. The Labute approximate surface area is 169 Å². The molecule has 2 fully saturated rings. The molecule has 0 amide bonds. The Bertz CT molecular complexity index is 703. The lowest BCUT2D eigenvalue weighted by Crippen LogP contribution is -2.40. The number of H-pyrrole nitrogens is 1. The molecule has 152 valence electrons. The molecule has 1 aromatic carbocycles. The molecule has 0 aliphatic carbocycles. The van der Waals surface area contributed by atoms with Gasteiger partial charge >= 0.3 is 0 Å². The normalized spacial score (nSPS) is 21.6. The number of ether oxygens (including phenoxy) is 1. The van der Waals surface area contributed by atoms with Crippen LogP contribution in [0.2, 0.25) is 0 Å². The van der Waals surface area contributed by atoms with E-state index < -0.39 is 0 Å². The predicted molar refractivity (Wildman–Crippen MR) is 112 cm³/mol. The van der Waals surface area contributed by atoms with Gasteiger partial charge in [-0.25, -0.2) is 4.98 Å². The van der Waals surface area contributed by atoms with Crippen LogP contribution in [0.25, 0.3) is 0 Å². The average molecular weight is 383 g/mol. The quantitative estimate of drug-likeness (QED) is 0.757. The van der Waals surface area contributed by atoms with Crippen LogP contribution in [-0.2, 0) is 17.8 Å². The first-order chi connectivity index (χ1) is 13.8. The van der Waals surface area contributed by atoms with Gasteiger partial charge in [0.15, 0.2) is 0 Å². The van der Waals surface area contributed by atoms with Gasteiger partial charge in [-0.2, -0.15) is 0 Å². The van der Waals surface area contributed by atoms with Gasteiger partial charge < -0.3 is 9.72 Å². The highest BCUT2D eigenvalue weighted by Crippen LogP contribution is 2.23.